The lowest BCUT2D eigenvalue weighted by molar-refractivity contribution is 1.16. The summed E-state index contributed by atoms with van der Waals surface area (Å²) in [6.45, 7) is 2.71. The van der Waals surface area contributed by atoms with Crippen molar-refractivity contribution in [1.82, 2.24) is 4.98 Å². The third-order valence-electron chi connectivity index (χ3n) is 2.46. The maximum atomic E-state index is 6.18. The van der Waals surface area contributed by atoms with E-state index in [1.54, 1.807) is 6.07 Å². The molecular weight excluding hydrogens is 429 g/mol. The fraction of sp³-hybridized carbons (Fsp3) is 0.154. The highest BCUT2D eigenvalue weighted by Crippen LogP contribution is 2.34. The summed E-state index contributed by atoms with van der Waals surface area (Å²) in [5, 5.41) is 7.24. The number of benzene rings is 1. The number of halogens is 4. The molecule has 106 valence electrons. The van der Waals surface area contributed by atoms with Gasteiger partial charge >= 0.3 is 0 Å². The van der Waals surface area contributed by atoms with Crippen LogP contribution >= 0.6 is 55.1 Å². The molecule has 0 aliphatic rings. The first-order valence-corrected chi connectivity index (χ1v) is 8.17. The summed E-state index contributed by atoms with van der Waals surface area (Å²) >= 11 is 19.2. The second-order valence-corrected chi connectivity index (χ2v) is 6.51. The number of hydrogen-bond acceptors (Lipinski definition) is 3. The van der Waals surface area contributed by atoms with Gasteiger partial charge in [-0.25, -0.2) is 4.98 Å². The van der Waals surface area contributed by atoms with Crippen LogP contribution in [0.4, 0.5) is 17.3 Å². The van der Waals surface area contributed by atoms with Crippen molar-refractivity contribution in [2.45, 2.75) is 6.92 Å². The molecule has 0 amide bonds. The molecule has 0 unspecified atom stereocenters. The smallest absolute Gasteiger partial charge is 0.151 e. The van der Waals surface area contributed by atoms with Gasteiger partial charge in [-0.2, -0.15) is 0 Å². The van der Waals surface area contributed by atoms with E-state index in [0.29, 0.717) is 21.7 Å². The molecule has 0 bridgehead atoms. The van der Waals surface area contributed by atoms with E-state index in [1.165, 1.54) is 0 Å². The Morgan fingerprint density at radius 1 is 1.10 bits per heavy atom. The minimum absolute atomic E-state index is 0.462. The molecule has 0 aliphatic carbocycles. The van der Waals surface area contributed by atoms with Crippen LogP contribution in [0.25, 0.3) is 0 Å². The van der Waals surface area contributed by atoms with Crippen molar-refractivity contribution in [3.05, 3.63) is 43.3 Å². The van der Waals surface area contributed by atoms with Gasteiger partial charge in [-0.3, -0.25) is 0 Å². The van der Waals surface area contributed by atoms with Gasteiger partial charge in [-0.05, 0) is 47.1 Å². The lowest BCUT2D eigenvalue weighted by Crippen LogP contribution is -2.03. The van der Waals surface area contributed by atoms with Crippen LogP contribution in [-0.4, -0.2) is 11.5 Å². The van der Waals surface area contributed by atoms with Gasteiger partial charge in [0.1, 0.15) is 5.82 Å². The summed E-state index contributed by atoms with van der Waals surface area (Å²) in [6, 6.07) is 7.48. The topological polar surface area (TPSA) is 37.0 Å². The first kappa shape index (κ1) is 15.9. The van der Waals surface area contributed by atoms with Gasteiger partial charge in [0.2, 0.25) is 0 Å². The fourth-order valence-electron chi connectivity index (χ4n) is 1.57. The van der Waals surface area contributed by atoms with Gasteiger partial charge in [-0.15, -0.1) is 0 Å². The van der Waals surface area contributed by atoms with Gasteiger partial charge in [0, 0.05) is 15.5 Å². The number of rotatable bonds is 4. The molecule has 2 rings (SSSR count). The average Bonchev–Trinajstić information content (AvgIpc) is 2.39. The molecule has 0 saturated carbocycles. The Morgan fingerprint density at radius 2 is 1.80 bits per heavy atom. The zero-order chi connectivity index (χ0) is 14.7. The summed E-state index contributed by atoms with van der Waals surface area (Å²) in [6.07, 6.45) is 0. The molecule has 7 heteroatoms. The Labute approximate surface area is 144 Å². The molecule has 0 atom stereocenters. The van der Waals surface area contributed by atoms with Gasteiger partial charge in [0.25, 0.3) is 0 Å². The number of aromatic nitrogens is 1. The second-order valence-electron chi connectivity index (χ2n) is 3.93. The van der Waals surface area contributed by atoms with Crippen molar-refractivity contribution >= 4 is 72.4 Å². The van der Waals surface area contributed by atoms with Crippen molar-refractivity contribution < 1.29 is 0 Å². The zero-order valence-corrected chi connectivity index (χ0v) is 15.2. The van der Waals surface area contributed by atoms with Crippen LogP contribution in [0.15, 0.2) is 33.2 Å². The first-order valence-electron chi connectivity index (χ1n) is 5.83. The van der Waals surface area contributed by atoms with E-state index in [2.05, 4.69) is 47.5 Å². The van der Waals surface area contributed by atoms with E-state index < -0.39 is 0 Å². The van der Waals surface area contributed by atoms with E-state index in [1.807, 2.05) is 25.1 Å². The molecule has 0 aliphatic heterocycles. The van der Waals surface area contributed by atoms with Crippen molar-refractivity contribution in [2.75, 3.05) is 17.2 Å². The molecule has 0 radical (unpaired) electrons. The van der Waals surface area contributed by atoms with Gasteiger partial charge in [0.05, 0.1) is 15.7 Å². The molecule has 3 nitrogen and oxygen atoms in total. The van der Waals surface area contributed by atoms with E-state index in [-0.39, 0.29) is 0 Å². The van der Waals surface area contributed by atoms with E-state index in [4.69, 9.17) is 23.2 Å². The molecule has 0 saturated heterocycles. The Bertz CT molecular complexity index is 635. The third-order valence-corrected chi connectivity index (χ3v) is 4.22. The summed E-state index contributed by atoms with van der Waals surface area (Å²) in [5.74, 6) is 1.15. The van der Waals surface area contributed by atoms with Crippen LogP contribution < -0.4 is 10.6 Å². The van der Waals surface area contributed by atoms with Crippen LogP contribution in [0.2, 0.25) is 10.0 Å². The van der Waals surface area contributed by atoms with Crippen molar-refractivity contribution in [2.24, 2.45) is 0 Å². The Kier molecular flexibility index (Phi) is 5.55. The number of anilines is 3. The van der Waals surface area contributed by atoms with E-state index in [0.717, 1.165) is 21.2 Å². The molecule has 1 heterocycles. The largest absolute Gasteiger partial charge is 0.369 e. The van der Waals surface area contributed by atoms with E-state index >= 15 is 0 Å². The van der Waals surface area contributed by atoms with Crippen molar-refractivity contribution in [1.29, 1.82) is 0 Å². The summed E-state index contributed by atoms with van der Waals surface area (Å²) in [5.41, 5.74) is 0.860. The van der Waals surface area contributed by atoms with Crippen molar-refractivity contribution in [3.8, 4) is 0 Å². The molecule has 0 fully saturated rings. The zero-order valence-electron chi connectivity index (χ0n) is 10.5. The molecule has 0 spiro atoms. The minimum atomic E-state index is 0.462. The molecule has 1 aromatic heterocycles. The van der Waals surface area contributed by atoms with Gasteiger partial charge in [0.15, 0.2) is 5.82 Å². The van der Waals surface area contributed by atoms with Gasteiger partial charge < -0.3 is 10.6 Å². The van der Waals surface area contributed by atoms with Crippen LogP contribution in [0.5, 0.6) is 0 Å². The number of hydrogen-bond donors (Lipinski definition) is 2. The second kappa shape index (κ2) is 6.98. The monoisotopic (exact) mass is 437 g/mol. The van der Waals surface area contributed by atoms with Crippen LogP contribution in [0, 0.1) is 0 Å². The predicted molar refractivity (Wildman–Crippen MR) is 93.5 cm³/mol. The first-order chi connectivity index (χ1) is 9.51. The van der Waals surface area contributed by atoms with Crippen molar-refractivity contribution in [3.63, 3.8) is 0 Å². The lowest BCUT2D eigenvalue weighted by Gasteiger charge is -2.13. The highest BCUT2D eigenvalue weighted by molar-refractivity contribution is 9.11. The molecular formula is C13H11Br2Cl2N3. The number of nitrogens with one attached hydrogen (secondary N) is 2. The normalized spacial score (nSPS) is 10.4. The Balaban J connectivity index is 2.37. The maximum Gasteiger partial charge on any atom is 0.151 e. The number of nitrogens with zero attached hydrogens (tertiary/aromatic N) is 1. The SMILES string of the molecule is CCNc1nc(Nc2cc(Br)ccc2Br)c(Cl)cc1Cl. The van der Waals surface area contributed by atoms with Crippen LogP contribution in [0.1, 0.15) is 6.92 Å². The summed E-state index contributed by atoms with van der Waals surface area (Å²) < 4.78 is 1.87. The quantitative estimate of drug-likeness (QED) is 0.605. The van der Waals surface area contributed by atoms with E-state index in [9.17, 15) is 0 Å². The minimum Gasteiger partial charge on any atom is -0.369 e. The Morgan fingerprint density at radius 3 is 2.50 bits per heavy atom. The summed E-state index contributed by atoms with van der Waals surface area (Å²) in [4.78, 5) is 4.41. The maximum absolute atomic E-state index is 6.18. The highest BCUT2D eigenvalue weighted by atomic mass is 79.9. The third kappa shape index (κ3) is 3.79. The lowest BCUT2D eigenvalue weighted by atomic mass is 10.3. The molecule has 2 aromatic rings. The van der Waals surface area contributed by atoms with Gasteiger partial charge in [-0.1, -0.05) is 39.1 Å². The fourth-order valence-corrected chi connectivity index (χ4v) is 2.75. The molecule has 1 aromatic carbocycles. The standard InChI is InChI=1S/C13H11Br2Cl2N3/c1-2-18-12-9(16)6-10(17)13(20-12)19-11-5-7(14)3-4-8(11)15/h3-6H,2H2,1H3,(H2,18,19,20). The molecule has 20 heavy (non-hydrogen) atoms. The van der Waals surface area contributed by atoms with Crippen LogP contribution in [-0.2, 0) is 0 Å². The Hall–Kier alpha value is -0.490. The average molecular weight is 440 g/mol. The predicted octanol–water partition coefficient (Wildman–Crippen LogP) is 6.09. The highest BCUT2D eigenvalue weighted by Gasteiger charge is 2.10. The molecule has 2 N–H and O–H groups in total. The van der Waals surface area contributed by atoms with Crippen LogP contribution in [0.3, 0.4) is 0 Å². The summed E-state index contributed by atoms with van der Waals surface area (Å²) in [7, 11) is 0. The number of pyridine rings is 1.